The number of alkyl halides is 1. The van der Waals surface area contributed by atoms with Crippen LogP contribution in [0.15, 0.2) is 12.4 Å². The van der Waals surface area contributed by atoms with Crippen LogP contribution in [-0.4, -0.2) is 22.4 Å². The Labute approximate surface area is 103 Å². The van der Waals surface area contributed by atoms with Crippen molar-refractivity contribution in [3.63, 3.8) is 0 Å². The molecule has 0 saturated carbocycles. The summed E-state index contributed by atoms with van der Waals surface area (Å²) in [7, 11) is 0. The third-order valence-corrected chi connectivity index (χ3v) is 3.11. The molecule has 1 rings (SSSR count). The lowest BCUT2D eigenvalue weighted by molar-refractivity contribution is 0.449. The SMILES string of the molecule is CC(C)c1cc(NCC(C)(C)CCl)ncn1. The third kappa shape index (κ3) is 3.97. The van der Waals surface area contributed by atoms with Gasteiger partial charge in [-0.3, -0.25) is 0 Å². The highest BCUT2D eigenvalue weighted by Crippen LogP contribution is 2.19. The topological polar surface area (TPSA) is 37.8 Å². The summed E-state index contributed by atoms with van der Waals surface area (Å²) in [6.45, 7) is 9.30. The molecule has 0 radical (unpaired) electrons. The number of halogens is 1. The van der Waals surface area contributed by atoms with Crippen molar-refractivity contribution in [1.29, 1.82) is 0 Å². The first kappa shape index (κ1) is 13.2. The molecule has 0 spiro atoms. The highest BCUT2D eigenvalue weighted by Gasteiger charge is 2.16. The van der Waals surface area contributed by atoms with Crippen molar-refractivity contribution in [3.05, 3.63) is 18.1 Å². The Morgan fingerprint density at radius 1 is 1.38 bits per heavy atom. The smallest absolute Gasteiger partial charge is 0.129 e. The molecule has 3 nitrogen and oxygen atoms in total. The van der Waals surface area contributed by atoms with Crippen LogP contribution in [0.5, 0.6) is 0 Å². The van der Waals surface area contributed by atoms with Crippen molar-refractivity contribution in [1.82, 2.24) is 9.97 Å². The first-order valence-electron chi connectivity index (χ1n) is 5.56. The minimum atomic E-state index is 0.0739. The maximum atomic E-state index is 5.87. The first-order valence-corrected chi connectivity index (χ1v) is 6.10. The van der Waals surface area contributed by atoms with Crippen molar-refractivity contribution in [3.8, 4) is 0 Å². The van der Waals surface area contributed by atoms with E-state index in [0.29, 0.717) is 11.8 Å². The maximum Gasteiger partial charge on any atom is 0.129 e. The highest BCUT2D eigenvalue weighted by molar-refractivity contribution is 6.18. The normalized spacial score (nSPS) is 11.9. The molecule has 0 amide bonds. The Hall–Kier alpha value is -0.830. The molecule has 4 heteroatoms. The number of hydrogen-bond donors (Lipinski definition) is 1. The lowest BCUT2D eigenvalue weighted by Gasteiger charge is -2.22. The summed E-state index contributed by atoms with van der Waals surface area (Å²) in [6, 6.07) is 2.00. The molecule has 1 aromatic rings. The molecule has 1 aromatic heterocycles. The van der Waals surface area contributed by atoms with Gasteiger partial charge in [0.2, 0.25) is 0 Å². The number of nitrogens with zero attached hydrogens (tertiary/aromatic N) is 2. The van der Waals surface area contributed by atoms with Crippen LogP contribution < -0.4 is 5.32 Å². The first-order chi connectivity index (χ1) is 7.44. The summed E-state index contributed by atoms with van der Waals surface area (Å²) in [4.78, 5) is 8.42. The summed E-state index contributed by atoms with van der Waals surface area (Å²) >= 11 is 5.87. The quantitative estimate of drug-likeness (QED) is 0.804. The lowest BCUT2D eigenvalue weighted by Crippen LogP contribution is -2.25. The molecular formula is C12H20ClN3. The molecule has 0 aliphatic rings. The van der Waals surface area contributed by atoms with Crippen LogP contribution in [0.1, 0.15) is 39.3 Å². The monoisotopic (exact) mass is 241 g/mol. The van der Waals surface area contributed by atoms with E-state index in [9.17, 15) is 0 Å². The van der Waals surface area contributed by atoms with E-state index in [2.05, 4.69) is 43.0 Å². The second-order valence-corrected chi connectivity index (χ2v) is 5.40. The molecule has 90 valence electrons. The van der Waals surface area contributed by atoms with Crippen LogP contribution in [-0.2, 0) is 0 Å². The van der Waals surface area contributed by atoms with Gasteiger partial charge in [-0.1, -0.05) is 27.7 Å². The zero-order chi connectivity index (χ0) is 12.2. The van der Waals surface area contributed by atoms with E-state index < -0.39 is 0 Å². The fourth-order valence-corrected chi connectivity index (χ4v) is 1.26. The van der Waals surface area contributed by atoms with Gasteiger partial charge in [0.1, 0.15) is 12.1 Å². The fourth-order valence-electron chi connectivity index (χ4n) is 1.16. The molecule has 0 aromatic carbocycles. The lowest BCUT2D eigenvalue weighted by atomic mass is 9.96. The number of anilines is 1. The zero-order valence-electron chi connectivity index (χ0n) is 10.4. The summed E-state index contributed by atoms with van der Waals surface area (Å²) < 4.78 is 0. The van der Waals surface area contributed by atoms with Gasteiger partial charge in [0.25, 0.3) is 0 Å². The van der Waals surface area contributed by atoms with E-state index >= 15 is 0 Å². The van der Waals surface area contributed by atoms with E-state index in [1.807, 2.05) is 6.07 Å². The number of nitrogens with one attached hydrogen (secondary N) is 1. The Morgan fingerprint density at radius 2 is 2.06 bits per heavy atom. The van der Waals surface area contributed by atoms with Crippen molar-refractivity contribution >= 4 is 17.4 Å². The zero-order valence-corrected chi connectivity index (χ0v) is 11.2. The predicted molar refractivity (Wildman–Crippen MR) is 69.1 cm³/mol. The van der Waals surface area contributed by atoms with Gasteiger partial charge in [0, 0.05) is 24.2 Å². The van der Waals surface area contributed by atoms with E-state index in [-0.39, 0.29) is 5.41 Å². The Bertz CT molecular complexity index is 337. The van der Waals surface area contributed by atoms with Crippen molar-refractivity contribution < 1.29 is 0 Å². The minimum absolute atomic E-state index is 0.0739. The molecule has 0 bridgehead atoms. The van der Waals surface area contributed by atoms with Crippen molar-refractivity contribution in [2.24, 2.45) is 5.41 Å². The molecule has 1 N–H and O–H groups in total. The van der Waals surface area contributed by atoms with Gasteiger partial charge in [-0.15, -0.1) is 11.6 Å². The van der Waals surface area contributed by atoms with Gasteiger partial charge in [0.15, 0.2) is 0 Å². The van der Waals surface area contributed by atoms with E-state index in [0.717, 1.165) is 18.1 Å². The Kier molecular flexibility index (Phi) is 4.54. The number of hydrogen-bond acceptors (Lipinski definition) is 3. The summed E-state index contributed by atoms with van der Waals surface area (Å²) in [6.07, 6.45) is 1.60. The van der Waals surface area contributed by atoms with Crippen LogP contribution in [0.4, 0.5) is 5.82 Å². The molecule has 0 aliphatic heterocycles. The van der Waals surface area contributed by atoms with Crippen molar-refractivity contribution in [2.45, 2.75) is 33.6 Å². The molecule has 0 fully saturated rings. The maximum absolute atomic E-state index is 5.87. The Balaban J connectivity index is 2.64. The molecule has 0 atom stereocenters. The minimum Gasteiger partial charge on any atom is -0.369 e. The van der Waals surface area contributed by atoms with Gasteiger partial charge in [-0.25, -0.2) is 9.97 Å². The van der Waals surface area contributed by atoms with E-state index in [1.165, 1.54) is 0 Å². The Morgan fingerprint density at radius 3 is 2.62 bits per heavy atom. The summed E-state index contributed by atoms with van der Waals surface area (Å²) in [5, 5.41) is 3.30. The summed E-state index contributed by atoms with van der Waals surface area (Å²) in [5.41, 5.74) is 1.13. The second-order valence-electron chi connectivity index (χ2n) is 5.13. The van der Waals surface area contributed by atoms with Gasteiger partial charge in [-0.05, 0) is 11.3 Å². The average Bonchev–Trinajstić information content (AvgIpc) is 2.27. The van der Waals surface area contributed by atoms with Crippen LogP contribution in [0.25, 0.3) is 0 Å². The average molecular weight is 242 g/mol. The van der Waals surface area contributed by atoms with Crippen LogP contribution in [0, 0.1) is 5.41 Å². The van der Waals surface area contributed by atoms with Gasteiger partial charge in [-0.2, -0.15) is 0 Å². The van der Waals surface area contributed by atoms with Crippen LogP contribution in [0.3, 0.4) is 0 Å². The van der Waals surface area contributed by atoms with Crippen LogP contribution >= 0.6 is 11.6 Å². The fraction of sp³-hybridized carbons (Fsp3) is 0.667. The molecule has 0 aliphatic carbocycles. The predicted octanol–water partition coefficient (Wildman–Crippen LogP) is 3.28. The van der Waals surface area contributed by atoms with E-state index in [4.69, 9.17) is 11.6 Å². The molecule has 1 heterocycles. The highest BCUT2D eigenvalue weighted by atomic mass is 35.5. The second kappa shape index (κ2) is 5.48. The molecular weight excluding hydrogens is 222 g/mol. The molecule has 0 unspecified atom stereocenters. The van der Waals surface area contributed by atoms with Crippen LogP contribution in [0.2, 0.25) is 0 Å². The molecule has 16 heavy (non-hydrogen) atoms. The molecule has 0 saturated heterocycles. The standard InChI is InChI=1S/C12H20ClN3/c1-9(2)10-5-11(16-8-15-10)14-7-12(3,4)6-13/h5,8-9H,6-7H2,1-4H3,(H,14,15,16). The summed E-state index contributed by atoms with van der Waals surface area (Å²) in [5.74, 6) is 1.92. The van der Waals surface area contributed by atoms with Gasteiger partial charge >= 0.3 is 0 Å². The third-order valence-electron chi connectivity index (χ3n) is 2.39. The van der Waals surface area contributed by atoms with Gasteiger partial charge < -0.3 is 5.32 Å². The van der Waals surface area contributed by atoms with Crippen molar-refractivity contribution in [2.75, 3.05) is 17.7 Å². The largest absolute Gasteiger partial charge is 0.369 e. The van der Waals surface area contributed by atoms with Gasteiger partial charge in [0.05, 0.1) is 0 Å². The number of aromatic nitrogens is 2. The van der Waals surface area contributed by atoms with E-state index in [1.54, 1.807) is 6.33 Å². The number of rotatable bonds is 5.